The Bertz CT molecular complexity index is 293. The lowest BCUT2D eigenvalue weighted by atomic mass is 10.2. The van der Waals surface area contributed by atoms with Gasteiger partial charge in [-0.15, -0.1) is 0 Å². The molecule has 0 spiro atoms. The predicted octanol–water partition coefficient (Wildman–Crippen LogP) is 3.68. The minimum atomic E-state index is 1.00. The van der Waals surface area contributed by atoms with Crippen molar-refractivity contribution in [3.63, 3.8) is 0 Å². The van der Waals surface area contributed by atoms with E-state index in [1.807, 2.05) is 0 Å². The fourth-order valence-corrected chi connectivity index (χ4v) is 2.31. The van der Waals surface area contributed by atoms with Crippen LogP contribution in [0.3, 0.4) is 0 Å². The standard InChI is InChI=1S/C17H30N2/c1-3-19(4-2)15-11-6-5-10-14-18-16-17-12-8-7-9-13-17/h7-9,12-13,18H,3-6,10-11,14-16H2,1-2H3. The SMILES string of the molecule is CCN(CC)CCCCCCNCc1ccccc1. The molecule has 0 atom stereocenters. The van der Waals surface area contributed by atoms with E-state index < -0.39 is 0 Å². The van der Waals surface area contributed by atoms with Crippen molar-refractivity contribution in [2.75, 3.05) is 26.2 Å². The third-order valence-corrected chi connectivity index (χ3v) is 3.64. The van der Waals surface area contributed by atoms with Crippen LogP contribution in [0.2, 0.25) is 0 Å². The van der Waals surface area contributed by atoms with Gasteiger partial charge in [0.25, 0.3) is 0 Å². The highest BCUT2D eigenvalue weighted by atomic mass is 15.1. The Balaban J connectivity index is 1.89. The maximum absolute atomic E-state index is 3.51. The molecule has 0 saturated carbocycles. The minimum Gasteiger partial charge on any atom is -0.313 e. The summed E-state index contributed by atoms with van der Waals surface area (Å²) >= 11 is 0. The van der Waals surface area contributed by atoms with Gasteiger partial charge in [-0.25, -0.2) is 0 Å². The molecule has 0 radical (unpaired) electrons. The number of hydrogen-bond acceptors (Lipinski definition) is 2. The van der Waals surface area contributed by atoms with Gasteiger partial charge >= 0.3 is 0 Å². The van der Waals surface area contributed by atoms with Crippen molar-refractivity contribution in [3.05, 3.63) is 35.9 Å². The van der Waals surface area contributed by atoms with Crippen LogP contribution in [0.25, 0.3) is 0 Å². The molecule has 1 aromatic rings. The van der Waals surface area contributed by atoms with E-state index in [-0.39, 0.29) is 0 Å². The summed E-state index contributed by atoms with van der Waals surface area (Å²) in [5.74, 6) is 0. The second kappa shape index (κ2) is 11.0. The third-order valence-electron chi connectivity index (χ3n) is 3.64. The first-order valence-electron chi connectivity index (χ1n) is 7.83. The van der Waals surface area contributed by atoms with Gasteiger partial charge < -0.3 is 10.2 Å². The first kappa shape index (κ1) is 16.2. The Kier molecular flexibility index (Phi) is 9.38. The molecule has 0 saturated heterocycles. The van der Waals surface area contributed by atoms with Crippen LogP contribution in [0, 0.1) is 0 Å². The second-order valence-corrected chi connectivity index (χ2v) is 5.10. The van der Waals surface area contributed by atoms with Crippen LogP contribution in [0.1, 0.15) is 45.1 Å². The fraction of sp³-hybridized carbons (Fsp3) is 0.647. The zero-order valence-corrected chi connectivity index (χ0v) is 12.7. The quantitative estimate of drug-likeness (QED) is 0.612. The molecule has 0 aliphatic heterocycles. The largest absolute Gasteiger partial charge is 0.313 e. The first-order valence-corrected chi connectivity index (χ1v) is 7.83. The molecule has 19 heavy (non-hydrogen) atoms. The van der Waals surface area contributed by atoms with Crippen molar-refractivity contribution in [1.82, 2.24) is 10.2 Å². The summed E-state index contributed by atoms with van der Waals surface area (Å²) in [5.41, 5.74) is 1.38. The number of nitrogens with zero attached hydrogens (tertiary/aromatic N) is 1. The van der Waals surface area contributed by atoms with E-state index in [1.165, 1.54) is 50.9 Å². The minimum absolute atomic E-state index is 1.00. The first-order chi connectivity index (χ1) is 9.36. The van der Waals surface area contributed by atoms with Crippen LogP contribution >= 0.6 is 0 Å². The Labute approximate surface area is 119 Å². The van der Waals surface area contributed by atoms with Gasteiger partial charge in [-0.05, 0) is 44.6 Å². The molecule has 0 heterocycles. The van der Waals surface area contributed by atoms with Gasteiger partial charge in [-0.1, -0.05) is 57.0 Å². The highest BCUT2D eigenvalue weighted by Crippen LogP contribution is 2.02. The Hall–Kier alpha value is -0.860. The molecule has 0 aliphatic rings. The topological polar surface area (TPSA) is 15.3 Å². The number of hydrogen-bond donors (Lipinski definition) is 1. The summed E-state index contributed by atoms with van der Waals surface area (Å²) in [4.78, 5) is 2.51. The molecular weight excluding hydrogens is 232 g/mol. The van der Waals surface area contributed by atoms with E-state index >= 15 is 0 Å². The van der Waals surface area contributed by atoms with Gasteiger partial charge in [-0.2, -0.15) is 0 Å². The van der Waals surface area contributed by atoms with Crippen molar-refractivity contribution < 1.29 is 0 Å². The maximum Gasteiger partial charge on any atom is 0.0205 e. The molecule has 108 valence electrons. The number of benzene rings is 1. The Morgan fingerprint density at radius 3 is 2.26 bits per heavy atom. The van der Waals surface area contributed by atoms with Crippen molar-refractivity contribution in [1.29, 1.82) is 0 Å². The molecule has 1 aromatic carbocycles. The van der Waals surface area contributed by atoms with Gasteiger partial charge in [0.2, 0.25) is 0 Å². The molecule has 1 rings (SSSR count). The summed E-state index contributed by atoms with van der Waals surface area (Å²) in [7, 11) is 0. The normalized spacial score (nSPS) is 11.1. The molecule has 2 heteroatoms. The van der Waals surface area contributed by atoms with E-state index in [2.05, 4.69) is 54.4 Å². The van der Waals surface area contributed by atoms with Crippen molar-refractivity contribution in [3.8, 4) is 0 Å². The van der Waals surface area contributed by atoms with E-state index in [1.54, 1.807) is 0 Å². The van der Waals surface area contributed by atoms with E-state index in [9.17, 15) is 0 Å². The molecule has 0 aliphatic carbocycles. The molecular formula is C17H30N2. The van der Waals surface area contributed by atoms with Crippen LogP contribution < -0.4 is 5.32 Å². The predicted molar refractivity (Wildman–Crippen MR) is 84.4 cm³/mol. The highest BCUT2D eigenvalue weighted by molar-refractivity contribution is 5.14. The molecule has 2 nitrogen and oxygen atoms in total. The molecule has 0 unspecified atom stereocenters. The zero-order valence-electron chi connectivity index (χ0n) is 12.7. The Morgan fingerprint density at radius 2 is 1.58 bits per heavy atom. The monoisotopic (exact) mass is 262 g/mol. The van der Waals surface area contributed by atoms with Gasteiger partial charge in [0.05, 0.1) is 0 Å². The molecule has 1 N–H and O–H groups in total. The zero-order chi connectivity index (χ0) is 13.8. The lowest BCUT2D eigenvalue weighted by molar-refractivity contribution is 0.295. The van der Waals surface area contributed by atoms with E-state index in [0.29, 0.717) is 0 Å². The molecule has 0 aromatic heterocycles. The lowest BCUT2D eigenvalue weighted by Crippen LogP contribution is -2.23. The molecule has 0 bridgehead atoms. The maximum atomic E-state index is 3.51. The van der Waals surface area contributed by atoms with Crippen molar-refractivity contribution in [2.24, 2.45) is 0 Å². The van der Waals surface area contributed by atoms with Gasteiger partial charge in [0.15, 0.2) is 0 Å². The summed E-state index contributed by atoms with van der Waals surface area (Å²) in [5, 5.41) is 3.51. The van der Waals surface area contributed by atoms with E-state index in [4.69, 9.17) is 0 Å². The van der Waals surface area contributed by atoms with Gasteiger partial charge in [0.1, 0.15) is 0 Å². The third kappa shape index (κ3) is 8.02. The Morgan fingerprint density at radius 1 is 0.895 bits per heavy atom. The smallest absolute Gasteiger partial charge is 0.0205 e. The van der Waals surface area contributed by atoms with E-state index in [0.717, 1.165) is 13.1 Å². The van der Waals surface area contributed by atoms with Crippen LogP contribution in [-0.2, 0) is 6.54 Å². The average molecular weight is 262 g/mol. The van der Waals surface area contributed by atoms with Crippen LogP contribution in [0.5, 0.6) is 0 Å². The summed E-state index contributed by atoms with van der Waals surface area (Å²) in [6.07, 6.45) is 5.36. The lowest BCUT2D eigenvalue weighted by Gasteiger charge is -2.17. The summed E-state index contributed by atoms with van der Waals surface area (Å²) < 4.78 is 0. The molecule has 0 amide bonds. The molecule has 0 fully saturated rings. The second-order valence-electron chi connectivity index (χ2n) is 5.10. The van der Waals surface area contributed by atoms with Gasteiger partial charge in [0, 0.05) is 6.54 Å². The van der Waals surface area contributed by atoms with Gasteiger partial charge in [-0.3, -0.25) is 0 Å². The summed E-state index contributed by atoms with van der Waals surface area (Å²) in [6, 6.07) is 10.6. The van der Waals surface area contributed by atoms with Crippen LogP contribution in [0.4, 0.5) is 0 Å². The summed E-state index contributed by atoms with van der Waals surface area (Å²) in [6.45, 7) is 10.3. The van der Waals surface area contributed by atoms with Crippen molar-refractivity contribution >= 4 is 0 Å². The highest BCUT2D eigenvalue weighted by Gasteiger charge is 1.98. The fourth-order valence-electron chi connectivity index (χ4n) is 2.31. The number of unbranched alkanes of at least 4 members (excludes halogenated alkanes) is 3. The van der Waals surface area contributed by atoms with Crippen LogP contribution in [-0.4, -0.2) is 31.1 Å². The van der Waals surface area contributed by atoms with Crippen LogP contribution in [0.15, 0.2) is 30.3 Å². The average Bonchev–Trinajstić information content (AvgIpc) is 2.47. The number of nitrogens with one attached hydrogen (secondary N) is 1. The number of rotatable bonds is 11. The van der Waals surface area contributed by atoms with Crippen molar-refractivity contribution in [2.45, 2.75) is 46.1 Å².